The van der Waals surface area contributed by atoms with Gasteiger partial charge in [-0.3, -0.25) is 4.79 Å². The van der Waals surface area contributed by atoms with Crippen molar-refractivity contribution < 1.29 is 18.6 Å². The maximum Gasteiger partial charge on any atom is 0.380 e. The second-order valence-electron chi connectivity index (χ2n) is 10.1. The summed E-state index contributed by atoms with van der Waals surface area (Å²) in [5.41, 5.74) is 0.244. The molecule has 31 heavy (non-hydrogen) atoms. The van der Waals surface area contributed by atoms with Crippen molar-refractivity contribution in [2.75, 3.05) is 19.7 Å². The number of carbonyl (C=O) groups excluding carboxylic acids is 1. The predicted molar refractivity (Wildman–Crippen MR) is 131 cm³/mol. The van der Waals surface area contributed by atoms with Crippen LogP contribution in [0, 0.1) is 11.2 Å². The maximum absolute atomic E-state index is 13.2. The van der Waals surface area contributed by atoms with Gasteiger partial charge >= 0.3 is 11.9 Å². The first-order chi connectivity index (χ1) is 14.6. The van der Waals surface area contributed by atoms with Crippen LogP contribution < -0.4 is 0 Å². The molecule has 3 rings (SSSR count). The van der Waals surface area contributed by atoms with E-state index in [1.807, 2.05) is 32.9 Å². The molecule has 1 saturated heterocycles. The first kappa shape index (κ1) is 25.0. The van der Waals surface area contributed by atoms with Gasteiger partial charge in [0.05, 0.1) is 5.41 Å². The molecule has 0 N–H and O–H groups in total. The van der Waals surface area contributed by atoms with Crippen LogP contribution in [0.3, 0.4) is 0 Å². The topological polar surface area (TPSA) is 38.8 Å². The minimum Gasteiger partial charge on any atom is -0.460 e. The summed E-state index contributed by atoms with van der Waals surface area (Å²) in [5, 5.41) is 0. The number of rotatable bonds is 7. The van der Waals surface area contributed by atoms with Gasteiger partial charge in [-0.05, 0) is 96.0 Å². The number of piperidine rings is 1. The molecule has 3 atom stereocenters. The van der Waals surface area contributed by atoms with Gasteiger partial charge in [0.2, 0.25) is 0 Å². The van der Waals surface area contributed by atoms with E-state index in [0.29, 0.717) is 25.0 Å². The van der Waals surface area contributed by atoms with Crippen molar-refractivity contribution in [1.29, 1.82) is 0 Å². The Balaban J connectivity index is 1.61. The number of esters is 1. The van der Waals surface area contributed by atoms with Crippen molar-refractivity contribution in [2.24, 2.45) is 5.41 Å². The van der Waals surface area contributed by atoms with Crippen LogP contribution >= 0.6 is 21.6 Å². The number of ether oxygens (including phenoxy) is 1. The number of hydrogen-bond acceptors (Lipinski definition) is 5. The highest BCUT2D eigenvalue weighted by molar-refractivity contribution is 8.23. The SMILES string of the molecule is CC(C)(C)OC(=O)C1(CCOB(P)S)CCC(N2CCC(c3ccc(F)cc3)CC2)C1. The summed E-state index contributed by atoms with van der Waals surface area (Å²) in [6.45, 7) is 8.29. The van der Waals surface area contributed by atoms with E-state index in [1.54, 1.807) is 12.1 Å². The first-order valence-electron chi connectivity index (χ1n) is 11.4. The van der Waals surface area contributed by atoms with Crippen LogP contribution in [0.4, 0.5) is 4.39 Å². The molecule has 4 nitrogen and oxygen atoms in total. The average Bonchev–Trinajstić information content (AvgIpc) is 3.13. The van der Waals surface area contributed by atoms with E-state index in [0.717, 1.165) is 45.2 Å². The number of hydrogen-bond donors (Lipinski definition) is 1. The van der Waals surface area contributed by atoms with E-state index in [9.17, 15) is 9.18 Å². The Bertz CT molecular complexity index is 737. The van der Waals surface area contributed by atoms with Crippen molar-refractivity contribution in [2.45, 2.75) is 76.9 Å². The van der Waals surface area contributed by atoms with Gasteiger partial charge in [-0.15, -0.1) is 9.12 Å². The van der Waals surface area contributed by atoms with E-state index in [4.69, 9.17) is 9.39 Å². The molecule has 2 fully saturated rings. The summed E-state index contributed by atoms with van der Waals surface area (Å²) < 4.78 is 24.7. The molecule has 0 aromatic heterocycles. The second kappa shape index (κ2) is 10.5. The van der Waals surface area contributed by atoms with E-state index in [1.165, 1.54) is 5.56 Å². The fourth-order valence-electron chi connectivity index (χ4n) is 5.02. The fraction of sp³-hybridized carbons (Fsp3) is 0.696. The monoisotopic (exact) mass is 467 g/mol. The number of halogens is 1. The number of benzene rings is 1. The highest BCUT2D eigenvalue weighted by atomic mass is 32.1. The van der Waals surface area contributed by atoms with Crippen LogP contribution in [0.2, 0.25) is 0 Å². The molecular formula is C23H36BFNO3PS. The Morgan fingerprint density at radius 1 is 1.26 bits per heavy atom. The van der Waals surface area contributed by atoms with Gasteiger partial charge in [0.25, 0.3) is 0 Å². The summed E-state index contributed by atoms with van der Waals surface area (Å²) in [6.07, 6.45) is 5.46. The lowest BCUT2D eigenvalue weighted by molar-refractivity contribution is -0.168. The maximum atomic E-state index is 13.2. The molecule has 1 aliphatic heterocycles. The molecule has 3 unspecified atom stereocenters. The normalized spacial score (nSPS) is 25.5. The van der Waals surface area contributed by atoms with Crippen LogP contribution in [0.15, 0.2) is 24.3 Å². The zero-order valence-corrected chi connectivity index (χ0v) is 21.0. The molecule has 2 aliphatic rings. The van der Waals surface area contributed by atoms with Crippen LogP contribution in [0.5, 0.6) is 0 Å². The summed E-state index contributed by atoms with van der Waals surface area (Å²) in [4.78, 5) is 15.7. The van der Waals surface area contributed by atoms with Gasteiger partial charge in [-0.1, -0.05) is 12.1 Å². The lowest BCUT2D eigenvalue weighted by Gasteiger charge is -2.37. The Labute approximate surface area is 194 Å². The van der Waals surface area contributed by atoms with E-state index in [2.05, 4.69) is 26.5 Å². The van der Waals surface area contributed by atoms with Crippen molar-refractivity contribution >= 4 is 33.5 Å². The van der Waals surface area contributed by atoms with E-state index >= 15 is 0 Å². The summed E-state index contributed by atoms with van der Waals surface area (Å²) >= 11 is 4.26. The predicted octanol–water partition coefficient (Wildman–Crippen LogP) is 5.08. The number of thiol groups is 1. The van der Waals surface area contributed by atoms with Gasteiger partial charge in [0.1, 0.15) is 11.4 Å². The molecule has 0 amide bonds. The van der Waals surface area contributed by atoms with Crippen molar-refractivity contribution in [3.05, 3.63) is 35.6 Å². The van der Waals surface area contributed by atoms with Gasteiger partial charge in [-0.2, -0.15) is 12.5 Å². The molecule has 1 heterocycles. The van der Waals surface area contributed by atoms with Crippen LogP contribution in [0.25, 0.3) is 0 Å². The third-order valence-electron chi connectivity index (χ3n) is 6.67. The molecule has 0 spiro atoms. The Kier molecular flexibility index (Phi) is 8.51. The Morgan fingerprint density at radius 3 is 2.48 bits per heavy atom. The first-order valence-corrected chi connectivity index (χ1v) is 12.5. The van der Waals surface area contributed by atoms with Crippen molar-refractivity contribution in [3.8, 4) is 0 Å². The molecule has 0 radical (unpaired) electrons. The third-order valence-corrected chi connectivity index (χ3v) is 7.01. The lowest BCUT2D eigenvalue weighted by atomic mass is 9.82. The molecule has 1 saturated carbocycles. The highest BCUT2D eigenvalue weighted by Crippen LogP contribution is 2.46. The number of likely N-dealkylation sites (tertiary alicyclic amines) is 1. The summed E-state index contributed by atoms with van der Waals surface area (Å²) in [5.74, 6) is -0.0118. The molecule has 1 aromatic carbocycles. The quantitative estimate of drug-likeness (QED) is 0.263. The van der Waals surface area contributed by atoms with Gasteiger partial charge < -0.3 is 14.3 Å². The van der Waals surface area contributed by atoms with Crippen LogP contribution in [-0.4, -0.2) is 48.1 Å². The zero-order chi connectivity index (χ0) is 22.6. The average molecular weight is 467 g/mol. The minimum atomic E-state index is -0.497. The fourth-order valence-corrected chi connectivity index (χ4v) is 5.26. The van der Waals surface area contributed by atoms with Gasteiger partial charge in [0, 0.05) is 12.6 Å². The largest absolute Gasteiger partial charge is 0.460 e. The van der Waals surface area contributed by atoms with Crippen molar-refractivity contribution in [1.82, 2.24) is 4.90 Å². The third kappa shape index (κ3) is 6.93. The Morgan fingerprint density at radius 2 is 1.90 bits per heavy atom. The van der Waals surface area contributed by atoms with E-state index in [-0.39, 0.29) is 17.7 Å². The standard InChI is InChI=1S/C23H36BFNO3PS/c1-22(2,3)29-21(27)23(12-15-28-24(30)31)11-8-20(16-23)26-13-9-18(10-14-26)17-4-6-19(25)7-5-17/h4-7,18,20,31H,8-16,30H2,1-3H3. The number of nitrogens with zero attached hydrogens (tertiary/aromatic N) is 1. The molecule has 0 bridgehead atoms. The molecule has 8 heteroatoms. The second-order valence-corrected chi connectivity index (χ2v) is 11.7. The Hall–Kier alpha value is -0.615. The number of carbonyl (C=O) groups is 1. The van der Waals surface area contributed by atoms with E-state index < -0.39 is 11.0 Å². The minimum absolute atomic E-state index is 0.0910. The molecular weight excluding hydrogens is 431 g/mol. The molecule has 1 aliphatic carbocycles. The molecule has 172 valence electrons. The lowest BCUT2D eigenvalue weighted by Crippen LogP contribution is -2.42. The summed E-state index contributed by atoms with van der Waals surface area (Å²) in [7, 11) is 2.51. The van der Waals surface area contributed by atoms with Gasteiger partial charge in [0.15, 0.2) is 0 Å². The van der Waals surface area contributed by atoms with Crippen LogP contribution in [0.1, 0.15) is 70.8 Å². The van der Waals surface area contributed by atoms with Crippen molar-refractivity contribution in [3.63, 3.8) is 0 Å². The van der Waals surface area contributed by atoms with Gasteiger partial charge in [-0.25, -0.2) is 4.39 Å². The zero-order valence-electron chi connectivity index (χ0n) is 19.0. The van der Waals surface area contributed by atoms with Crippen LogP contribution in [-0.2, 0) is 14.2 Å². The smallest absolute Gasteiger partial charge is 0.380 e. The summed E-state index contributed by atoms with van der Waals surface area (Å²) in [6, 6.07) is 7.34. The molecule has 1 aromatic rings. The highest BCUT2D eigenvalue weighted by Gasteiger charge is 2.49.